The van der Waals surface area contributed by atoms with Gasteiger partial charge in [-0.1, -0.05) is 25.2 Å². The average molecular weight is 403 g/mol. The number of nitrogens with zero attached hydrogens (tertiary/aromatic N) is 3. The van der Waals surface area contributed by atoms with Crippen molar-refractivity contribution in [3.8, 4) is 0 Å². The molecule has 2 aromatic heterocycles. The number of carboxylic acid groups (broad SMARTS) is 1. The summed E-state index contributed by atoms with van der Waals surface area (Å²) in [5, 5.41) is 11.8. The first kappa shape index (κ1) is 19.1. The van der Waals surface area contributed by atoms with Gasteiger partial charge in [0.25, 0.3) is 0 Å². The molecule has 0 atom stereocenters. The van der Waals surface area contributed by atoms with E-state index in [9.17, 15) is 9.59 Å². The van der Waals surface area contributed by atoms with Gasteiger partial charge in [-0.3, -0.25) is 4.90 Å². The maximum Gasteiger partial charge on any atom is 0.335 e. The second-order valence-corrected chi connectivity index (χ2v) is 8.01. The molecular weight excluding hydrogens is 384 g/mol. The lowest BCUT2D eigenvalue weighted by molar-refractivity contribution is 0.0697. The van der Waals surface area contributed by atoms with Gasteiger partial charge < -0.3 is 10.4 Å². The summed E-state index contributed by atoms with van der Waals surface area (Å²) in [6.45, 7) is 4.50. The molecule has 9 heteroatoms. The highest BCUT2D eigenvalue weighted by Crippen LogP contribution is 2.26. The number of urea groups is 1. The fraction of sp³-hybridized carbons (Fsp3) is 0.222. The lowest BCUT2D eigenvalue weighted by Crippen LogP contribution is -2.38. The predicted molar refractivity (Wildman–Crippen MR) is 109 cm³/mol. The van der Waals surface area contributed by atoms with Gasteiger partial charge in [-0.15, -0.1) is 12.6 Å². The molecule has 0 radical (unpaired) electrons. The van der Waals surface area contributed by atoms with Crippen LogP contribution in [0.4, 0.5) is 16.3 Å². The van der Waals surface area contributed by atoms with E-state index in [1.54, 1.807) is 23.1 Å². The minimum atomic E-state index is -1.01. The maximum atomic E-state index is 12.8. The molecule has 0 aliphatic heterocycles. The highest BCUT2D eigenvalue weighted by Gasteiger charge is 2.20. The number of fused-ring (bicyclic) bond motifs is 1. The van der Waals surface area contributed by atoms with Gasteiger partial charge in [0.05, 0.1) is 5.56 Å². The van der Waals surface area contributed by atoms with Crippen LogP contribution < -0.4 is 10.2 Å². The number of benzene rings is 1. The third-order valence-corrected chi connectivity index (χ3v) is 4.82. The van der Waals surface area contributed by atoms with E-state index in [1.807, 2.05) is 19.9 Å². The van der Waals surface area contributed by atoms with Crippen LogP contribution >= 0.6 is 24.0 Å². The Morgan fingerprint density at radius 1 is 1.19 bits per heavy atom. The van der Waals surface area contributed by atoms with Crippen LogP contribution in [-0.2, 0) is 0 Å². The number of aromatic nitrogens is 2. The zero-order chi connectivity index (χ0) is 19.6. The number of pyridine rings is 1. The van der Waals surface area contributed by atoms with Crippen LogP contribution in [0, 0.1) is 5.92 Å². The summed E-state index contributed by atoms with van der Waals surface area (Å²) >= 11 is 5.60. The highest BCUT2D eigenvalue weighted by atomic mass is 32.2. The molecule has 0 fully saturated rings. The van der Waals surface area contributed by atoms with Crippen molar-refractivity contribution in [1.82, 2.24) is 9.97 Å². The Labute approximate surface area is 165 Å². The number of thiazole rings is 1. The molecule has 0 unspecified atom stereocenters. The van der Waals surface area contributed by atoms with Crippen molar-refractivity contribution >= 4 is 57.8 Å². The average Bonchev–Trinajstić information content (AvgIpc) is 2.99. The maximum absolute atomic E-state index is 12.8. The number of carbonyl (C=O) groups excluding carboxylic acids is 1. The molecule has 7 nitrogen and oxygen atoms in total. The molecule has 0 aliphatic carbocycles. The van der Waals surface area contributed by atoms with E-state index in [-0.39, 0.29) is 17.5 Å². The minimum absolute atomic E-state index is 0.159. The van der Waals surface area contributed by atoms with Crippen molar-refractivity contribution in [2.24, 2.45) is 5.92 Å². The molecule has 2 amide bonds. The molecule has 3 rings (SSSR count). The van der Waals surface area contributed by atoms with Crippen molar-refractivity contribution in [3.05, 3.63) is 42.0 Å². The van der Waals surface area contributed by atoms with Gasteiger partial charge in [0.2, 0.25) is 0 Å². The molecule has 0 aliphatic rings. The first-order valence-electron chi connectivity index (χ1n) is 8.22. The second kappa shape index (κ2) is 7.93. The lowest BCUT2D eigenvalue weighted by atomic mass is 10.2. The monoisotopic (exact) mass is 402 g/mol. The van der Waals surface area contributed by atoms with Crippen molar-refractivity contribution in [2.75, 3.05) is 16.8 Å². The number of carboxylic acids is 1. The van der Waals surface area contributed by atoms with E-state index >= 15 is 0 Å². The molecule has 27 heavy (non-hydrogen) atoms. The largest absolute Gasteiger partial charge is 0.478 e. The standard InChI is InChI=1S/C18H18N4O3S2/c1-10(2)9-22(14-8-7-13-15(21-14)27-18(26)20-13)17(25)19-12-5-3-11(4-6-12)16(23)24/h3-8,10H,9H2,1-2H3,(H,19,25)(H,20,26)(H,23,24). The number of anilines is 2. The number of rotatable bonds is 5. The Morgan fingerprint density at radius 3 is 2.52 bits per heavy atom. The summed E-state index contributed by atoms with van der Waals surface area (Å²) in [4.78, 5) is 34.9. The van der Waals surface area contributed by atoms with Crippen molar-refractivity contribution < 1.29 is 14.7 Å². The van der Waals surface area contributed by atoms with Crippen LogP contribution in [0.15, 0.2) is 40.7 Å². The molecule has 3 aromatic rings. The van der Waals surface area contributed by atoms with Gasteiger partial charge in [0.15, 0.2) is 0 Å². The molecule has 2 heterocycles. The lowest BCUT2D eigenvalue weighted by Gasteiger charge is -2.24. The third-order valence-electron chi connectivity index (χ3n) is 3.68. The Morgan fingerprint density at radius 2 is 1.89 bits per heavy atom. The summed E-state index contributed by atoms with van der Waals surface area (Å²) in [5.74, 6) is -0.266. The van der Waals surface area contributed by atoms with Crippen LogP contribution in [0.5, 0.6) is 0 Å². The van der Waals surface area contributed by atoms with E-state index in [0.717, 1.165) is 5.52 Å². The topological polar surface area (TPSA) is 95.4 Å². The summed E-state index contributed by atoms with van der Waals surface area (Å²) in [6, 6.07) is 9.24. The second-order valence-electron chi connectivity index (χ2n) is 6.31. The van der Waals surface area contributed by atoms with Gasteiger partial charge in [-0.25, -0.2) is 19.6 Å². The summed E-state index contributed by atoms with van der Waals surface area (Å²) < 4.78 is 0.619. The zero-order valence-electron chi connectivity index (χ0n) is 14.7. The Bertz CT molecular complexity index is 986. The number of carbonyl (C=O) groups is 2. The number of nitrogens with one attached hydrogen (secondary N) is 1. The van der Waals surface area contributed by atoms with Gasteiger partial charge in [-0.2, -0.15) is 0 Å². The summed E-state index contributed by atoms with van der Waals surface area (Å²) in [7, 11) is 0. The number of hydrogen-bond donors (Lipinski definition) is 3. The Kier molecular flexibility index (Phi) is 5.62. The molecule has 0 saturated carbocycles. The van der Waals surface area contributed by atoms with Gasteiger partial charge >= 0.3 is 12.0 Å². The van der Waals surface area contributed by atoms with Crippen LogP contribution in [-0.4, -0.2) is 33.6 Å². The van der Waals surface area contributed by atoms with E-state index in [2.05, 4.69) is 27.9 Å². The van der Waals surface area contributed by atoms with E-state index in [0.29, 0.717) is 27.2 Å². The third kappa shape index (κ3) is 4.55. The van der Waals surface area contributed by atoms with Crippen LogP contribution in [0.3, 0.4) is 0 Å². The van der Waals surface area contributed by atoms with Gasteiger partial charge in [0, 0.05) is 12.2 Å². The molecule has 0 saturated heterocycles. The number of hydrogen-bond acceptors (Lipinski definition) is 6. The molecule has 0 bridgehead atoms. The highest BCUT2D eigenvalue weighted by molar-refractivity contribution is 7.82. The molecule has 0 spiro atoms. The van der Waals surface area contributed by atoms with Crippen LogP contribution in [0.1, 0.15) is 24.2 Å². The predicted octanol–water partition coefficient (Wildman–Crippen LogP) is 4.37. The number of thiol groups is 1. The summed E-state index contributed by atoms with van der Waals surface area (Å²) in [6.07, 6.45) is 0. The van der Waals surface area contributed by atoms with E-state index in [1.165, 1.54) is 23.5 Å². The van der Waals surface area contributed by atoms with Crippen LogP contribution in [0.25, 0.3) is 10.3 Å². The Hall–Kier alpha value is -2.65. The molecule has 140 valence electrons. The summed E-state index contributed by atoms with van der Waals surface area (Å²) in [5.41, 5.74) is 1.41. The quantitative estimate of drug-likeness (QED) is 0.551. The number of aromatic carboxylic acids is 1. The zero-order valence-corrected chi connectivity index (χ0v) is 16.4. The van der Waals surface area contributed by atoms with Crippen LogP contribution in [0.2, 0.25) is 0 Å². The number of amides is 2. The Balaban J connectivity index is 1.86. The molecule has 2 N–H and O–H groups in total. The fourth-order valence-corrected chi connectivity index (χ4v) is 3.52. The molecular formula is C18H18N4O3S2. The van der Waals surface area contributed by atoms with Gasteiger partial charge in [-0.05, 0) is 42.3 Å². The van der Waals surface area contributed by atoms with Gasteiger partial charge in [0.1, 0.15) is 20.5 Å². The smallest absolute Gasteiger partial charge is 0.335 e. The fourth-order valence-electron chi connectivity index (χ4n) is 2.48. The van der Waals surface area contributed by atoms with E-state index in [4.69, 9.17) is 5.11 Å². The van der Waals surface area contributed by atoms with Crippen molar-refractivity contribution in [1.29, 1.82) is 0 Å². The van der Waals surface area contributed by atoms with Crippen molar-refractivity contribution in [3.63, 3.8) is 0 Å². The SMILES string of the molecule is CC(C)CN(C(=O)Nc1ccc(C(=O)O)cc1)c1ccc2nc(S)sc2n1. The first-order valence-corrected chi connectivity index (χ1v) is 9.48. The first-order chi connectivity index (χ1) is 12.8. The minimum Gasteiger partial charge on any atom is -0.478 e. The van der Waals surface area contributed by atoms with Crippen molar-refractivity contribution in [2.45, 2.75) is 18.2 Å². The molecule has 1 aromatic carbocycles. The van der Waals surface area contributed by atoms with E-state index < -0.39 is 5.97 Å². The normalized spacial score (nSPS) is 11.0.